The minimum atomic E-state index is -0.438. The average Bonchev–Trinajstić information content (AvgIpc) is 3.28. The first-order valence-corrected chi connectivity index (χ1v) is 8.96. The number of likely N-dealkylation sites (tertiary alicyclic amines) is 1. The minimum Gasteiger partial charge on any atom is -0.495 e. The summed E-state index contributed by atoms with van der Waals surface area (Å²) in [6, 6.07) is 3.32. The summed E-state index contributed by atoms with van der Waals surface area (Å²) in [5.74, 6) is -0.797. The molecule has 1 aliphatic heterocycles. The molecule has 1 aromatic carbocycles. The van der Waals surface area contributed by atoms with Gasteiger partial charge in [-0.2, -0.15) is 0 Å². The Kier molecular flexibility index (Phi) is 4.03. The molecular formula is C19H19ClN2O4. The van der Waals surface area contributed by atoms with E-state index in [0.717, 1.165) is 16.9 Å². The number of anilines is 1. The first-order chi connectivity index (χ1) is 12.4. The number of ether oxygens (including phenoxy) is 1. The number of carbonyl (C=O) groups excluding carboxylic acids is 3. The van der Waals surface area contributed by atoms with Crippen LogP contribution in [0.3, 0.4) is 0 Å². The summed E-state index contributed by atoms with van der Waals surface area (Å²) in [6.07, 6.45) is 4.93. The molecule has 7 heteroatoms. The number of rotatable bonds is 4. The number of hydrogen-bond acceptors (Lipinski definition) is 4. The molecule has 2 aliphatic carbocycles. The predicted molar refractivity (Wildman–Crippen MR) is 95.8 cm³/mol. The quantitative estimate of drug-likeness (QED) is 0.648. The highest BCUT2D eigenvalue weighted by Gasteiger charge is 2.59. The maximum atomic E-state index is 12.6. The van der Waals surface area contributed by atoms with E-state index in [9.17, 15) is 14.4 Å². The number of halogens is 1. The maximum absolute atomic E-state index is 12.6. The SMILES string of the molecule is COc1cc(Cl)c(C)cc1NC(=O)CN1C(=O)[C@@H]2[C@@H](C1=O)[C@H]1C=C[C@@H]2C1. The Morgan fingerprint density at radius 1 is 1.23 bits per heavy atom. The number of nitrogens with zero attached hydrogens (tertiary/aromatic N) is 1. The van der Waals surface area contributed by atoms with Gasteiger partial charge in [-0.3, -0.25) is 19.3 Å². The second kappa shape index (κ2) is 6.13. The highest BCUT2D eigenvalue weighted by atomic mass is 35.5. The summed E-state index contributed by atoms with van der Waals surface area (Å²) in [5, 5.41) is 3.25. The number of fused-ring (bicyclic) bond motifs is 5. The summed E-state index contributed by atoms with van der Waals surface area (Å²) in [7, 11) is 1.48. The fourth-order valence-electron chi connectivity index (χ4n) is 4.38. The number of carbonyl (C=O) groups is 3. The van der Waals surface area contributed by atoms with Gasteiger partial charge in [-0.1, -0.05) is 23.8 Å². The number of aryl methyl sites for hydroxylation is 1. The van der Waals surface area contributed by atoms with Crippen LogP contribution >= 0.6 is 11.6 Å². The van der Waals surface area contributed by atoms with Gasteiger partial charge in [-0.05, 0) is 36.8 Å². The summed E-state index contributed by atoms with van der Waals surface area (Å²) < 4.78 is 5.24. The van der Waals surface area contributed by atoms with Crippen molar-refractivity contribution in [3.63, 3.8) is 0 Å². The van der Waals surface area contributed by atoms with Crippen LogP contribution in [-0.2, 0) is 14.4 Å². The van der Waals surface area contributed by atoms with E-state index < -0.39 is 5.91 Å². The van der Waals surface area contributed by atoms with Crippen molar-refractivity contribution in [2.24, 2.45) is 23.7 Å². The second-order valence-electron chi connectivity index (χ2n) is 7.11. The van der Waals surface area contributed by atoms with E-state index in [2.05, 4.69) is 5.32 Å². The van der Waals surface area contributed by atoms with Crippen LogP contribution in [0.15, 0.2) is 24.3 Å². The van der Waals surface area contributed by atoms with Crippen molar-refractivity contribution in [3.8, 4) is 5.75 Å². The Hall–Kier alpha value is -2.34. The van der Waals surface area contributed by atoms with Gasteiger partial charge in [0, 0.05) is 11.1 Å². The van der Waals surface area contributed by atoms with Crippen LogP contribution in [-0.4, -0.2) is 36.3 Å². The third kappa shape index (κ3) is 2.51. The summed E-state index contributed by atoms with van der Waals surface area (Å²) in [5.41, 5.74) is 1.24. The lowest BCUT2D eigenvalue weighted by Gasteiger charge is -2.18. The molecule has 4 atom stereocenters. The van der Waals surface area contributed by atoms with Crippen molar-refractivity contribution in [2.45, 2.75) is 13.3 Å². The second-order valence-corrected chi connectivity index (χ2v) is 7.52. The average molecular weight is 375 g/mol. The Bertz CT molecular complexity index is 820. The first-order valence-electron chi connectivity index (χ1n) is 8.58. The molecule has 1 heterocycles. The van der Waals surface area contributed by atoms with Gasteiger partial charge in [0.05, 0.1) is 24.6 Å². The molecular weight excluding hydrogens is 356 g/mol. The van der Waals surface area contributed by atoms with Crippen LogP contribution in [0.4, 0.5) is 5.69 Å². The Labute approximate surface area is 156 Å². The van der Waals surface area contributed by atoms with Gasteiger partial charge in [0.1, 0.15) is 12.3 Å². The lowest BCUT2D eigenvalue weighted by molar-refractivity contribution is -0.143. The number of amides is 3. The Balaban J connectivity index is 1.49. The van der Waals surface area contributed by atoms with Gasteiger partial charge in [-0.15, -0.1) is 0 Å². The summed E-state index contributed by atoms with van der Waals surface area (Å²) in [4.78, 5) is 38.9. The zero-order chi connectivity index (χ0) is 18.6. The fourth-order valence-corrected chi connectivity index (χ4v) is 4.54. The molecule has 3 aliphatic rings. The van der Waals surface area contributed by atoms with Crippen LogP contribution < -0.4 is 10.1 Å². The lowest BCUT2D eigenvalue weighted by atomic mass is 9.85. The third-order valence-corrected chi connectivity index (χ3v) is 6.03. The van der Waals surface area contributed by atoms with Crippen molar-refractivity contribution in [1.29, 1.82) is 0 Å². The Morgan fingerprint density at radius 2 is 1.85 bits per heavy atom. The molecule has 1 saturated heterocycles. The maximum Gasteiger partial charge on any atom is 0.244 e. The molecule has 3 amide bonds. The third-order valence-electron chi connectivity index (χ3n) is 5.62. The molecule has 4 rings (SSSR count). The zero-order valence-corrected chi connectivity index (χ0v) is 15.2. The number of hydrogen-bond donors (Lipinski definition) is 1. The van der Waals surface area contributed by atoms with Crippen molar-refractivity contribution in [2.75, 3.05) is 19.0 Å². The molecule has 1 aromatic rings. The van der Waals surface area contributed by atoms with E-state index in [-0.39, 0.29) is 42.0 Å². The molecule has 0 aromatic heterocycles. The molecule has 26 heavy (non-hydrogen) atoms. The molecule has 0 radical (unpaired) electrons. The van der Waals surface area contributed by atoms with Crippen LogP contribution in [0.2, 0.25) is 5.02 Å². The molecule has 2 bridgehead atoms. The number of benzene rings is 1. The largest absolute Gasteiger partial charge is 0.495 e. The number of allylic oxidation sites excluding steroid dienone is 2. The first kappa shape index (κ1) is 17.1. The topological polar surface area (TPSA) is 75.7 Å². The van der Waals surface area contributed by atoms with Crippen molar-refractivity contribution < 1.29 is 19.1 Å². The zero-order valence-electron chi connectivity index (χ0n) is 14.5. The molecule has 136 valence electrons. The van der Waals surface area contributed by atoms with Crippen LogP contribution in [0.5, 0.6) is 5.75 Å². The van der Waals surface area contributed by atoms with E-state index in [1.165, 1.54) is 7.11 Å². The van der Waals surface area contributed by atoms with Crippen LogP contribution in [0, 0.1) is 30.6 Å². The van der Waals surface area contributed by atoms with E-state index in [0.29, 0.717) is 16.5 Å². The highest BCUT2D eigenvalue weighted by molar-refractivity contribution is 6.31. The normalized spacial score (nSPS) is 28.7. The van der Waals surface area contributed by atoms with Gasteiger partial charge in [0.25, 0.3) is 0 Å². The van der Waals surface area contributed by atoms with Gasteiger partial charge in [0.2, 0.25) is 17.7 Å². The monoisotopic (exact) mass is 374 g/mol. The fraction of sp³-hybridized carbons (Fsp3) is 0.421. The minimum absolute atomic E-state index is 0.133. The standard InChI is InChI=1S/C19H19ClN2O4/c1-9-5-13(14(26-2)7-12(9)20)21-15(23)8-22-18(24)16-10-3-4-11(6-10)17(16)19(22)25/h3-5,7,10-11,16-17H,6,8H2,1-2H3,(H,21,23)/t10-,11+,16-,17-/m0/s1. The van der Waals surface area contributed by atoms with Crippen LogP contribution in [0.25, 0.3) is 0 Å². The molecule has 1 saturated carbocycles. The van der Waals surface area contributed by atoms with Gasteiger partial charge in [-0.25, -0.2) is 0 Å². The smallest absolute Gasteiger partial charge is 0.244 e. The van der Waals surface area contributed by atoms with Crippen molar-refractivity contribution >= 4 is 35.0 Å². The Morgan fingerprint density at radius 3 is 2.42 bits per heavy atom. The van der Waals surface area contributed by atoms with Crippen molar-refractivity contribution in [3.05, 3.63) is 34.9 Å². The van der Waals surface area contributed by atoms with Gasteiger partial charge < -0.3 is 10.1 Å². The molecule has 6 nitrogen and oxygen atoms in total. The van der Waals surface area contributed by atoms with Crippen LogP contribution in [0.1, 0.15) is 12.0 Å². The molecule has 2 fully saturated rings. The lowest BCUT2D eigenvalue weighted by Crippen LogP contribution is -2.39. The number of nitrogens with one attached hydrogen (secondary N) is 1. The number of imide groups is 1. The van der Waals surface area contributed by atoms with E-state index in [4.69, 9.17) is 16.3 Å². The number of methoxy groups -OCH3 is 1. The van der Waals surface area contributed by atoms with E-state index >= 15 is 0 Å². The molecule has 0 spiro atoms. The summed E-state index contributed by atoms with van der Waals surface area (Å²) >= 11 is 6.07. The van der Waals surface area contributed by atoms with Crippen molar-refractivity contribution in [1.82, 2.24) is 4.90 Å². The highest BCUT2D eigenvalue weighted by Crippen LogP contribution is 2.52. The van der Waals surface area contributed by atoms with Gasteiger partial charge >= 0.3 is 0 Å². The van der Waals surface area contributed by atoms with Gasteiger partial charge in [0.15, 0.2) is 0 Å². The van der Waals surface area contributed by atoms with E-state index in [1.807, 2.05) is 19.1 Å². The predicted octanol–water partition coefficient (Wildman–Crippen LogP) is 2.40. The van der Waals surface area contributed by atoms with E-state index in [1.54, 1.807) is 12.1 Å². The molecule has 0 unspecified atom stereocenters. The summed E-state index contributed by atoms with van der Waals surface area (Å²) in [6.45, 7) is 1.53. The molecule has 1 N–H and O–H groups in total.